The molecule has 0 aliphatic heterocycles. The summed E-state index contributed by atoms with van der Waals surface area (Å²) in [5, 5.41) is 11.9. The van der Waals surface area contributed by atoms with E-state index in [-0.39, 0.29) is 0 Å². The van der Waals surface area contributed by atoms with Crippen molar-refractivity contribution in [1.29, 1.82) is 0 Å². The number of carboxylic acids is 1. The first-order valence-corrected chi connectivity index (χ1v) is 6.25. The van der Waals surface area contributed by atoms with Crippen LogP contribution in [0.25, 0.3) is 11.1 Å². The van der Waals surface area contributed by atoms with Crippen molar-refractivity contribution in [2.45, 2.75) is 12.5 Å². The van der Waals surface area contributed by atoms with Crippen LogP contribution in [0, 0.1) is 0 Å². The average molecular weight is 255 g/mol. The number of carboxylic acid groups (broad SMARTS) is 1. The maximum atomic E-state index is 11.0. The van der Waals surface area contributed by atoms with E-state index < -0.39 is 12.0 Å². The van der Waals surface area contributed by atoms with Gasteiger partial charge in [-0.1, -0.05) is 54.6 Å². The molecule has 0 aliphatic carbocycles. The highest BCUT2D eigenvalue weighted by molar-refractivity contribution is 5.74. The minimum Gasteiger partial charge on any atom is -0.480 e. The summed E-state index contributed by atoms with van der Waals surface area (Å²) < 4.78 is 0. The molecule has 0 aromatic heterocycles. The standard InChI is InChI=1S/C16H17NO2/c1-17-15(16(18)19)11-12-6-5-9-14(10-12)13-7-3-2-4-8-13/h2-10,15,17H,11H2,1H3,(H,18,19)/t15-/m0/s1. The number of aliphatic carboxylic acids is 1. The Labute approximate surface area is 112 Å². The highest BCUT2D eigenvalue weighted by atomic mass is 16.4. The van der Waals surface area contributed by atoms with Crippen LogP contribution in [0.3, 0.4) is 0 Å². The van der Waals surface area contributed by atoms with Crippen molar-refractivity contribution >= 4 is 5.97 Å². The molecule has 98 valence electrons. The highest BCUT2D eigenvalue weighted by Crippen LogP contribution is 2.20. The molecule has 2 aromatic rings. The Hall–Kier alpha value is -2.13. The van der Waals surface area contributed by atoms with Gasteiger partial charge in [0, 0.05) is 0 Å². The molecule has 2 rings (SSSR count). The molecule has 0 amide bonds. The van der Waals surface area contributed by atoms with Crippen LogP contribution in [0.4, 0.5) is 0 Å². The predicted molar refractivity (Wildman–Crippen MR) is 76.1 cm³/mol. The van der Waals surface area contributed by atoms with Crippen LogP contribution in [0.2, 0.25) is 0 Å². The lowest BCUT2D eigenvalue weighted by Crippen LogP contribution is -2.35. The third kappa shape index (κ3) is 3.42. The number of nitrogens with one attached hydrogen (secondary N) is 1. The Kier molecular flexibility index (Phi) is 4.31. The summed E-state index contributed by atoms with van der Waals surface area (Å²) in [5.74, 6) is -0.826. The summed E-state index contributed by atoms with van der Waals surface area (Å²) in [6.07, 6.45) is 0.479. The summed E-state index contributed by atoms with van der Waals surface area (Å²) >= 11 is 0. The topological polar surface area (TPSA) is 49.3 Å². The van der Waals surface area contributed by atoms with Crippen molar-refractivity contribution in [3.05, 3.63) is 60.2 Å². The van der Waals surface area contributed by atoms with Gasteiger partial charge in [0.25, 0.3) is 0 Å². The molecule has 0 aliphatic rings. The van der Waals surface area contributed by atoms with E-state index in [1.54, 1.807) is 7.05 Å². The Morgan fingerprint density at radius 3 is 2.42 bits per heavy atom. The normalized spacial score (nSPS) is 12.1. The Balaban J connectivity index is 2.23. The Bertz CT molecular complexity index is 552. The fourth-order valence-corrected chi connectivity index (χ4v) is 2.06. The fraction of sp³-hybridized carbons (Fsp3) is 0.188. The molecule has 19 heavy (non-hydrogen) atoms. The van der Waals surface area contributed by atoms with E-state index in [2.05, 4.69) is 5.32 Å². The van der Waals surface area contributed by atoms with Gasteiger partial charge >= 0.3 is 5.97 Å². The van der Waals surface area contributed by atoms with Crippen molar-refractivity contribution in [2.24, 2.45) is 0 Å². The molecule has 0 heterocycles. The predicted octanol–water partition coefficient (Wildman–Crippen LogP) is 2.57. The van der Waals surface area contributed by atoms with E-state index in [9.17, 15) is 4.79 Å². The molecule has 0 unspecified atom stereocenters. The molecular formula is C16H17NO2. The number of hydrogen-bond donors (Lipinski definition) is 2. The molecule has 1 atom stereocenters. The van der Waals surface area contributed by atoms with Gasteiger partial charge in [-0.2, -0.15) is 0 Å². The third-order valence-corrected chi connectivity index (χ3v) is 3.12. The first-order chi connectivity index (χ1) is 9.20. The molecule has 2 N–H and O–H groups in total. The lowest BCUT2D eigenvalue weighted by atomic mass is 9.99. The second-order valence-electron chi connectivity index (χ2n) is 4.45. The van der Waals surface area contributed by atoms with Crippen molar-refractivity contribution in [3.8, 4) is 11.1 Å². The number of likely N-dealkylation sites (N-methyl/N-ethyl adjacent to an activating group) is 1. The third-order valence-electron chi connectivity index (χ3n) is 3.12. The first-order valence-electron chi connectivity index (χ1n) is 6.25. The van der Waals surface area contributed by atoms with E-state index >= 15 is 0 Å². The van der Waals surface area contributed by atoms with Gasteiger partial charge in [0.05, 0.1) is 0 Å². The van der Waals surface area contributed by atoms with Crippen LogP contribution >= 0.6 is 0 Å². The molecule has 0 spiro atoms. The van der Waals surface area contributed by atoms with Gasteiger partial charge in [0.15, 0.2) is 0 Å². The van der Waals surface area contributed by atoms with Gasteiger partial charge < -0.3 is 10.4 Å². The molecule has 0 bridgehead atoms. The summed E-state index contributed by atoms with van der Waals surface area (Å²) in [4.78, 5) is 11.0. The van der Waals surface area contributed by atoms with E-state index in [0.29, 0.717) is 6.42 Å². The van der Waals surface area contributed by atoms with Crippen molar-refractivity contribution in [3.63, 3.8) is 0 Å². The number of rotatable bonds is 5. The molecule has 0 saturated carbocycles. The van der Waals surface area contributed by atoms with Gasteiger partial charge in [-0.05, 0) is 30.2 Å². The van der Waals surface area contributed by atoms with Crippen LogP contribution in [-0.2, 0) is 11.2 Å². The summed E-state index contributed by atoms with van der Waals surface area (Å²) in [6.45, 7) is 0. The lowest BCUT2D eigenvalue weighted by Gasteiger charge is -2.12. The largest absolute Gasteiger partial charge is 0.480 e. The van der Waals surface area contributed by atoms with Crippen LogP contribution in [0.5, 0.6) is 0 Å². The Morgan fingerprint density at radius 1 is 1.11 bits per heavy atom. The van der Waals surface area contributed by atoms with E-state index in [1.807, 2.05) is 54.6 Å². The smallest absolute Gasteiger partial charge is 0.321 e. The molecule has 2 aromatic carbocycles. The SMILES string of the molecule is CN[C@@H](Cc1cccc(-c2ccccc2)c1)C(=O)O. The summed E-state index contributed by atoms with van der Waals surface area (Å²) in [7, 11) is 1.67. The monoisotopic (exact) mass is 255 g/mol. The van der Waals surface area contributed by atoms with Gasteiger partial charge in [0.2, 0.25) is 0 Å². The number of carbonyl (C=O) groups is 1. The first kappa shape index (κ1) is 13.3. The van der Waals surface area contributed by atoms with Gasteiger partial charge in [-0.3, -0.25) is 4.79 Å². The quantitative estimate of drug-likeness (QED) is 0.863. The van der Waals surface area contributed by atoms with Crippen molar-refractivity contribution in [1.82, 2.24) is 5.32 Å². The molecule has 0 saturated heterocycles. The van der Waals surface area contributed by atoms with Crippen molar-refractivity contribution < 1.29 is 9.90 Å². The van der Waals surface area contributed by atoms with Crippen LogP contribution < -0.4 is 5.32 Å². The minimum absolute atomic E-state index is 0.479. The maximum absolute atomic E-state index is 11.0. The minimum atomic E-state index is -0.826. The van der Waals surface area contributed by atoms with Gasteiger partial charge in [-0.25, -0.2) is 0 Å². The zero-order valence-corrected chi connectivity index (χ0v) is 10.8. The summed E-state index contributed by atoms with van der Waals surface area (Å²) in [5.41, 5.74) is 3.27. The van der Waals surface area contributed by atoms with Crippen LogP contribution in [0.1, 0.15) is 5.56 Å². The second-order valence-corrected chi connectivity index (χ2v) is 4.45. The van der Waals surface area contributed by atoms with E-state index in [0.717, 1.165) is 16.7 Å². The zero-order valence-electron chi connectivity index (χ0n) is 10.8. The lowest BCUT2D eigenvalue weighted by molar-refractivity contribution is -0.139. The highest BCUT2D eigenvalue weighted by Gasteiger charge is 2.15. The second kappa shape index (κ2) is 6.16. The molecule has 0 radical (unpaired) electrons. The molecule has 3 nitrogen and oxygen atoms in total. The van der Waals surface area contributed by atoms with Crippen LogP contribution in [0.15, 0.2) is 54.6 Å². The molecule has 3 heteroatoms. The Morgan fingerprint density at radius 2 is 1.79 bits per heavy atom. The van der Waals surface area contributed by atoms with Gasteiger partial charge in [0.1, 0.15) is 6.04 Å². The van der Waals surface area contributed by atoms with Crippen LogP contribution in [-0.4, -0.2) is 24.2 Å². The average Bonchev–Trinajstić information content (AvgIpc) is 2.45. The summed E-state index contributed by atoms with van der Waals surface area (Å²) in [6, 6.07) is 17.5. The van der Waals surface area contributed by atoms with Gasteiger partial charge in [-0.15, -0.1) is 0 Å². The maximum Gasteiger partial charge on any atom is 0.321 e. The zero-order chi connectivity index (χ0) is 13.7. The van der Waals surface area contributed by atoms with E-state index in [1.165, 1.54) is 0 Å². The fourth-order valence-electron chi connectivity index (χ4n) is 2.06. The number of hydrogen-bond acceptors (Lipinski definition) is 2. The molecular weight excluding hydrogens is 238 g/mol. The van der Waals surface area contributed by atoms with E-state index in [4.69, 9.17) is 5.11 Å². The number of benzene rings is 2. The van der Waals surface area contributed by atoms with Crippen molar-refractivity contribution in [2.75, 3.05) is 7.05 Å². The molecule has 0 fully saturated rings.